The molecule has 0 saturated carbocycles. The van der Waals surface area contributed by atoms with Gasteiger partial charge in [0.2, 0.25) is 0 Å². The third-order valence-electron chi connectivity index (χ3n) is 3.44. The van der Waals surface area contributed by atoms with E-state index in [0.717, 1.165) is 25.1 Å². The molecule has 20 heavy (non-hydrogen) atoms. The Morgan fingerprint density at radius 1 is 1.20 bits per heavy atom. The van der Waals surface area contributed by atoms with Crippen LogP contribution in [0.2, 0.25) is 0 Å². The van der Waals surface area contributed by atoms with Gasteiger partial charge in [0, 0.05) is 6.54 Å². The second kappa shape index (κ2) is 6.98. The number of benzene rings is 2. The van der Waals surface area contributed by atoms with E-state index in [1.807, 2.05) is 12.1 Å². The molecule has 1 atom stereocenters. The van der Waals surface area contributed by atoms with Crippen molar-refractivity contribution in [1.29, 1.82) is 0 Å². The Balaban J connectivity index is 2.10. The van der Waals surface area contributed by atoms with E-state index in [1.54, 1.807) is 7.11 Å². The van der Waals surface area contributed by atoms with Gasteiger partial charge in [-0.3, -0.25) is 5.32 Å². The molecule has 2 rings (SSSR count). The molecule has 1 unspecified atom stereocenters. The first kappa shape index (κ1) is 14.4. The van der Waals surface area contributed by atoms with Crippen molar-refractivity contribution in [3.05, 3.63) is 42.0 Å². The molecule has 0 aliphatic carbocycles. The number of fused-ring (bicyclic) bond motifs is 1. The summed E-state index contributed by atoms with van der Waals surface area (Å²) in [4.78, 5) is 0. The molecule has 2 aromatic carbocycles. The van der Waals surface area contributed by atoms with E-state index < -0.39 is 0 Å². The highest BCUT2D eigenvalue weighted by atomic mass is 16.5. The first-order valence-corrected chi connectivity index (χ1v) is 7.03. The van der Waals surface area contributed by atoms with E-state index in [0.29, 0.717) is 0 Å². The van der Waals surface area contributed by atoms with Crippen LogP contribution in [0.1, 0.15) is 25.3 Å². The SMILES string of the molecule is C#CC(CCC)NCc1ccc2cc(OC)ccc2c1. The summed E-state index contributed by atoms with van der Waals surface area (Å²) in [7, 11) is 1.69. The molecule has 104 valence electrons. The fourth-order valence-corrected chi connectivity index (χ4v) is 2.28. The molecule has 0 saturated heterocycles. The first-order valence-electron chi connectivity index (χ1n) is 7.03. The lowest BCUT2D eigenvalue weighted by Crippen LogP contribution is -2.26. The third-order valence-corrected chi connectivity index (χ3v) is 3.44. The molecule has 0 aliphatic rings. The molecule has 2 nitrogen and oxygen atoms in total. The van der Waals surface area contributed by atoms with E-state index in [2.05, 4.69) is 42.4 Å². The average Bonchev–Trinajstić information content (AvgIpc) is 2.50. The van der Waals surface area contributed by atoms with Crippen molar-refractivity contribution in [3.63, 3.8) is 0 Å². The number of ether oxygens (including phenoxy) is 1. The van der Waals surface area contributed by atoms with Gasteiger partial charge >= 0.3 is 0 Å². The molecule has 0 aromatic heterocycles. The van der Waals surface area contributed by atoms with E-state index in [1.165, 1.54) is 16.3 Å². The molecule has 2 aromatic rings. The molecular weight excluding hydrogens is 246 g/mol. The minimum Gasteiger partial charge on any atom is -0.497 e. The molecule has 0 amide bonds. The summed E-state index contributed by atoms with van der Waals surface area (Å²) >= 11 is 0. The summed E-state index contributed by atoms with van der Waals surface area (Å²) < 4.78 is 5.24. The molecule has 2 heteroatoms. The molecular formula is C18H21NO. The van der Waals surface area contributed by atoms with Gasteiger partial charge in [0.1, 0.15) is 5.75 Å². The Bertz CT molecular complexity index is 612. The largest absolute Gasteiger partial charge is 0.497 e. The number of rotatable bonds is 6. The summed E-state index contributed by atoms with van der Waals surface area (Å²) in [5.74, 6) is 3.69. The molecule has 0 radical (unpaired) electrons. The summed E-state index contributed by atoms with van der Waals surface area (Å²) in [6.07, 6.45) is 7.63. The van der Waals surface area contributed by atoms with E-state index >= 15 is 0 Å². The van der Waals surface area contributed by atoms with Gasteiger partial charge in [0.25, 0.3) is 0 Å². The van der Waals surface area contributed by atoms with Gasteiger partial charge < -0.3 is 4.74 Å². The van der Waals surface area contributed by atoms with Crippen molar-refractivity contribution in [3.8, 4) is 18.1 Å². The van der Waals surface area contributed by atoms with Gasteiger partial charge in [-0.25, -0.2) is 0 Å². The quantitative estimate of drug-likeness (QED) is 0.805. The van der Waals surface area contributed by atoms with Crippen molar-refractivity contribution in [1.82, 2.24) is 5.32 Å². The van der Waals surface area contributed by atoms with Crippen LogP contribution in [0.15, 0.2) is 36.4 Å². The molecule has 0 heterocycles. The third kappa shape index (κ3) is 3.53. The predicted molar refractivity (Wildman–Crippen MR) is 84.9 cm³/mol. The molecule has 0 bridgehead atoms. The van der Waals surface area contributed by atoms with Crippen molar-refractivity contribution in [2.24, 2.45) is 0 Å². The monoisotopic (exact) mass is 267 g/mol. The van der Waals surface area contributed by atoms with Gasteiger partial charge in [0.15, 0.2) is 0 Å². The Labute approximate surface area is 121 Å². The lowest BCUT2D eigenvalue weighted by atomic mass is 10.1. The zero-order chi connectivity index (χ0) is 14.4. The molecule has 0 aliphatic heterocycles. The average molecular weight is 267 g/mol. The van der Waals surface area contributed by atoms with Gasteiger partial charge in [-0.1, -0.05) is 37.5 Å². The van der Waals surface area contributed by atoms with Crippen LogP contribution < -0.4 is 10.1 Å². The maximum atomic E-state index is 5.52. The lowest BCUT2D eigenvalue weighted by molar-refractivity contribution is 0.415. The van der Waals surface area contributed by atoms with Crippen LogP contribution in [0.3, 0.4) is 0 Å². The van der Waals surface area contributed by atoms with E-state index in [9.17, 15) is 0 Å². The van der Waals surface area contributed by atoms with Crippen molar-refractivity contribution >= 4 is 10.8 Å². The van der Waals surface area contributed by atoms with Gasteiger partial charge in [-0.15, -0.1) is 6.42 Å². The highest BCUT2D eigenvalue weighted by Gasteiger charge is 2.03. The predicted octanol–water partition coefficient (Wildman–Crippen LogP) is 3.74. The van der Waals surface area contributed by atoms with Crippen LogP contribution in [-0.2, 0) is 6.54 Å². The molecule has 0 spiro atoms. The van der Waals surface area contributed by atoms with Gasteiger partial charge in [-0.05, 0) is 41.0 Å². The zero-order valence-electron chi connectivity index (χ0n) is 12.1. The number of nitrogens with one attached hydrogen (secondary N) is 1. The molecule has 0 fully saturated rings. The Kier molecular flexibility index (Phi) is 5.03. The highest BCUT2D eigenvalue weighted by molar-refractivity contribution is 5.84. The van der Waals surface area contributed by atoms with Crippen LogP contribution >= 0.6 is 0 Å². The molecule has 1 N–H and O–H groups in total. The zero-order valence-corrected chi connectivity index (χ0v) is 12.1. The van der Waals surface area contributed by atoms with Crippen LogP contribution in [0.4, 0.5) is 0 Å². The van der Waals surface area contributed by atoms with Gasteiger partial charge in [0.05, 0.1) is 13.2 Å². The topological polar surface area (TPSA) is 21.3 Å². The second-order valence-corrected chi connectivity index (χ2v) is 4.94. The summed E-state index contributed by atoms with van der Waals surface area (Å²) in [6.45, 7) is 2.95. The second-order valence-electron chi connectivity index (χ2n) is 4.94. The number of terminal acetylenes is 1. The lowest BCUT2D eigenvalue weighted by Gasteiger charge is -2.12. The minimum absolute atomic E-state index is 0.159. The van der Waals surface area contributed by atoms with Crippen LogP contribution in [0.25, 0.3) is 10.8 Å². The smallest absolute Gasteiger partial charge is 0.119 e. The maximum Gasteiger partial charge on any atom is 0.119 e. The summed E-state index contributed by atoms with van der Waals surface area (Å²) in [5, 5.41) is 5.82. The Hall–Kier alpha value is -1.98. The van der Waals surface area contributed by atoms with Crippen molar-refractivity contribution in [2.75, 3.05) is 7.11 Å². The maximum absolute atomic E-state index is 5.52. The van der Waals surface area contributed by atoms with Crippen LogP contribution in [0.5, 0.6) is 5.75 Å². The number of methoxy groups -OCH3 is 1. The standard InChI is InChI=1S/C18H21NO/c1-4-6-17(5-2)19-13-14-7-8-16-12-18(20-3)10-9-15(16)11-14/h2,7-12,17,19H,4,6,13H2,1,3H3. The summed E-state index contributed by atoms with van der Waals surface area (Å²) in [6, 6.07) is 12.7. The number of hydrogen-bond acceptors (Lipinski definition) is 2. The normalized spacial score (nSPS) is 12.1. The van der Waals surface area contributed by atoms with Crippen molar-refractivity contribution < 1.29 is 4.74 Å². The Morgan fingerprint density at radius 2 is 1.95 bits per heavy atom. The fourth-order valence-electron chi connectivity index (χ4n) is 2.28. The van der Waals surface area contributed by atoms with Gasteiger partial charge in [-0.2, -0.15) is 0 Å². The first-order chi connectivity index (χ1) is 9.76. The number of hydrogen-bond donors (Lipinski definition) is 1. The van der Waals surface area contributed by atoms with Crippen LogP contribution in [0, 0.1) is 12.3 Å². The highest BCUT2D eigenvalue weighted by Crippen LogP contribution is 2.21. The Morgan fingerprint density at radius 3 is 2.65 bits per heavy atom. The minimum atomic E-state index is 0.159. The van der Waals surface area contributed by atoms with Crippen LogP contribution in [-0.4, -0.2) is 13.2 Å². The fraction of sp³-hybridized carbons (Fsp3) is 0.333. The van der Waals surface area contributed by atoms with Crippen molar-refractivity contribution in [2.45, 2.75) is 32.4 Å². The van der Waals surface area contributed by atoms with E-state index in [4.69, 9.17) is 11.2 Å². The summed E-state index contributed by atoms with van der Waals surface area (Å²) in [5.41, 5.74) is 1.25. The van der Waals surface area contributed by atoms with E-state index in [-0.39, 0.29) is 6.04 Å².